The molecule has 0 radical (unpaired) electrons. The monoisotopic (exact) mass is 258 g/mol. The molecule has 0 aliphatic rings. The summed E-state index contributed by atoms with van der Waals surface area (Å²) in [6, 6.07) is 9.61. The molecule has 0 saturated heterocycles. The molecule has 19 heavy (non-hydrogen) atoms. The summed E-state index contributed by atoms with van der Waals surface area (Å²) in [5.74, 6) is 2.04. The highest BCUT2D eigenvalue weighted by Crippen LogP contribution is 2.18. The molecular weight excluding hydrogens is 236 g/mol. The molecule has 2 nitrogen and oxygen atoms in total. The molecule has 1 aromatic carbocycles. The van der Waals surface area contributed by atoms with E-state index in [4.69, 9.17) is 11.2 Å². The highest BCUT2D eigenvalue weighted by atomic mass is 16.5. The SMILES string of the molecule is C#C[C@H](CCCCC)OC(=O)[C@H](C)c1ccccc1. The zero-order chi connectivity index (χ0) is 14.1. The lowest BCUT2D eigenvalue weighted by atomic mass is 10.0. The van der Waals surface area contributed by atoms with Crippen molar-refractivity contribution in [2.45, 2.75) is 51.6 Å². The van der Waals surface area contributed by atoms with Gasteiger partial charge in [-0.1, -0.05) is 56.0 Å². The molecule has 1 aromatic rings. The third-order valence-electron chi connectivity index (χ3n) is 3.17. The molecule has 0 N–H and O–H groups in total. The summed E-state index contributed by atoms with van der Waals surface area (Å²) in [7, 11) is 0. The van der Waals surface area contributed by atoms with Crippen molar-refractivity contribution in [1.82, 2.24) is 0 Å². The first-order valence-corrected chi connectivity index (χ1v) is 6.90. The van der Waals surface area contributed by atoms with Gasteiger partial charge in [0.15, 0.2) is 6.10 Å². The number of terminal acetylenes is 1. The van der Waals surface area contributed by atoms with Crippen LogP contribution in [0.25, 0.3) is 0 Å². The van der Waals surface area contributed by atoms with Crippen LogP contribution in [0.1, 0.15) is 51.0 Å². The van der Waals surface area contributed by atoms with Crippen LogP contribution in [-0.2, 0) is 9.53 Å². The highest BCUT2D eigenvalue weighted by molar-refractivity contribution is 5.78. The first kappa shape index (κ1) is 15.3. The van der Waals surface area contributed by atoms with Crippen molar-refractivity contribution in [3.8, 4) is 12.3 Å². The molecule has 0 saturated carbocycles. The van der Waals surface area contributed by atoms with Crippen LogP contribution in [0.5, 0.6) is 0 Å². The van der Waals surface area contributed by atoms with E-state index in [1.807, 2.05) is 37.3 Å². The van der Waals surface area contributed by atoms with Crippen molar-refractivity contribution < 1.29 is 9.53 Å². The number of rotatable bonds is 7. The van der Waals surface area contributed by atoms with Crippen LogP contribution in [-0.4, -0.2) is 12.1 Å². The number of hydrogen-bond donors (Lipinski definition) is 0. The topological polar surface area (TPSA) is 26.3 Å². The van der Waals surface area contributed by atoms with E-state index >= 15 is 0 Å². The van der Waals surface area contributed by atoms with Gasteiger partial charge in [0.1, 0.15) is 0 Å². The number of benzene rings is 1. The largest absolute Gasteiger partial charge is 0.449 e. The average Bonchev–Trinajstić information content (AvgIpc) is 2.46. The van der Waals surface area contributed by atoms with Crippen LogP contribution in [0.15, 0.2) is 30.3 Å². The number of unbranched alkanes of at least 4 members (excludes halogenated alkanes) is 2. The molecule has 0 unspecified atom stereocenters. The minimum atomic E-state index is -0.398. The molecule has 1 rings (SSSR count). The van der Waals surface area contributed by atoms with E-state index < -0.39 is 6.10 Å². The predicted molar refractivity (Wildman–Crippen MR) is 77.7 cm³/mol. The first-order valence-electron chi connectivity index (χ1n) is 6.90. The molecule has 0 bridgehead atoms. The number of ether oxygens (including phenoxy) is 1. The van der Waals surface area contributed by atoms with Gasteiger partial charge in [0.05, 0.1) is 5.92 Å². The van der Waals surface area contributed by atoms with Crippen molar-refractivity contribution >= 4 is 5.97 Å². The molecule has 0 spiro atoms. The highest BCUT2D eigenvalue weighted by Gasteiger charge is 2.19. The van der Waals surface area contributed by atoms with Gasteiger partial charge in [-0.2, -0.15) is 0 Å². The lowest BCUT2D eigenvalue weighted by molar-refractivity contribution is -0.148. The van der Waals surface area contributed by atoms with Gasteiger partial charge in [-0.05, 0) is 25.3 Å². The van der Waals surface area contributed by atoms with Crippen LogP contribution >= 0.6 is 0 Å². The Labute approximate surface area is 116 Å². The van der Waals surface area contributed by atoms with Gasteiger partial charge in [0.25, 0.3) is 0 Å². The molecule has 0 fully saturated rings. The van der Waals surface area contributed by atoms with Crippen LogP contribution in [0, 0.1) is 12.3 Å². The Kier molecular flexibility index (Phi) is 6.74. The summed E-state index contributed by atoms with van der Waals surface area (Å²) >= 11 is 0. The second-order valence-electron chi connectivity index (χ2n) is 4.72. The Balaban J connectivity index is 2.51. The van der Waals surface area contributed by atoms with E-state index in [-0.39, 0.29) is 11.9 Å². The molecular formula is C17H22O2. The van der Waals surface area contributed by atoms with Gasteiger partial charge in [0, 0.05) is 0 Å². The molecule has 0 aliphatic carbocycles. The number of esters is 1. The maximum absolute atomic E-state index is 12.0. The van der Waals surface area contributed by atoms with Gasteiger partial charge in [-0.25, -0.2) is 0 Å². The summed E-state index contributed by atoms with van der Waals surface area (Å²) in [6.07, 6.45) is 9.01. The van der Waals surface area contributed by atoms with E-state index in [9.17, 15) is 4.79 Å². The third-order valence-corrected chi connectivity index (χ3v) is 3.17. The van der Waals surface area contributed by atoms with E-state index in [2.05, 4.69) is 12.8 Å². The van der Waals surface area contributed by atoms with Gasteiger partial charge in [-0.15, -0.1) is 6.42 Å². The maximum atomic E-state index is 12.0. The number of carbonyl (C=O) groups is 1. The zero-order valence-electron chi connectivity index (χ0n) is 11.8. The smallest absolute Gasteiger partial charge is 0.314 e. The molecule has 2 atom stereocenters. The molecule has 2 heteroatoms. The van der Waals surface area contributed by atoms with E-state index in [1.165, 1.54) is 0 Å². The normalized spacial score (nSPS) is 13.3. The predicted octanol–water partition coefficient (Wildman–Crippen LogP) is 3.92. The summed E-state index contributed by atoms with van der Waals surface area (Å²) in [6.45, 7) is 3.98. The summed E-state index contributed by atoms with van der Waals surface area (Å²) in [5.41, 5.74) is 0.955. The molecule has 0 aromatic heterocycles. The number of carbonyl (C=O) groups excluding carboxylic acids is 1. The summed E-state index contributed by atoms with van der Waals surface area (Å²) < 4.78 is 5.39. The van der Waals surface area contributed by atoms with Gasteiger partial charge >= 0.3 is 5.97 Å². The Bertz CT molecular complexity index is 417. The minimum Gasteiger partial charge on any atom is -0.449 e. The lowest BCUT2D eigenvalue weighted by Crippen LogP contribution is -2.20. The van der Waals surface area contributed by atoms with Gasteiger partial charge in [-0.3, -0.25) is 4.79 Å². The fourth-order valence-electron chi connectivity index (χ4n) is 1.88. The second kappa shape index (κ2) is 8.37. The third kappa shape index (κ3) is 5.18. The van der Waals surface area contributed by atoms with Crippen molar-refractivity contribution in [3.63, 3.8) is 0 Å². The van der Waals surface area contributed by atoms with Gasteiger partial charge < -0.3 is 4.74 Å². The molecule has 0 amide bonds. The Morgan fingerprint density at radius 2 is 2.00 bits per heavy atom. The minimum absolute atomic E-state index is 0.245. The zero-order valence-corrected chi connectivity index (χ0v) is 11.8. The van der Waals surface area contributed by atoms with Gasteiger partial charge in [0.2, 0.25) is 0 Å². The maximum Gasteiger partial charge on any atom is 0.314 e. The summed E-state index contributed by atoms with van der Waals surface area (Å²) in [4.78, 5) is 12.0. The van der Waals surface area contributed by atoms with Crippen LogP contribution in [0.3, 0.4) is 0 Å². The average molecular weight is 258 g/mol. The Morgan fingerprint density at radius 1 is 1.32 bits per heavy atom. The van der Waals surface area contributed by atoms with E-state index in [0.717, 1.165) is 31.2 Å². The van der Waals surface area contributed by atoms with E-state index in [1.54, 1.807) is 0 Å². The first-order chi connectivity index (χ1) is 9.19. The van der Waals surface area contributed by atoms with Crippen LogP contribution in [0.4, 0.5) is 0 Å². The Hall–Kier alpha value is -1.75. The van der Waals surface area contributed by atoms with Crippen molar-refractivity contribution in [3.05, 3.63) is 35.9 Å². The van der Waals surface area contributed by atoms with Crippen LogP contribution < -0.4 is 0 Å². The molecule has 0 heterocycles. The van der Waals surface area contributed by atoms with E-state index in [0.29, 0.717) is 0 Å². The van der Waals surface area contributed by atoms with Crippen molar-refractivity contribution in [2.24, 2.45) is 0 Å². The quantitative estimate of drug-likeness (QED) is 0.421. The van der Waals surface area contributed by atoms with Crippen molar-refractivity contribution in [2.75, 3.05) is 0 Å². The fourth-order valence-corrected chi connectivity index (χ4v) is 1.88. The fraction of sp³-hybridized carbons (Fsp3) is 0.471. The Morgan fingerprint density at radius 3 is 2.58 bits per heavy atom. The lowest BCUT2D eigenvalue weighted by Gasteiger charge is -2.16. The molecule has 0 aliphatic heterocycles. The number of hydrogen-bond acceptors (Lipinski definition) is 2. The summed E-state index contributed by atoms with van der Waals surface area (Å²) in [5, 5.41) is 0. The van der Waals surface area contributed by atoms with Crippen molar-refractivity contribution in [1.29, 1.82) is 0 Å². The van der Waals surface area contributed by atoms with Crippen LogP contribution in [0.2, 0.25) is 0 Å². The standard InChI is InChI=1S/C17H22O2/c1-4-6-8-13-16(5-2)19-17(18)14(3)15-11-9-7-10-12-15/h2,7,9-12,14,16H,4,6,8,13H2,1,3H3/t14-,16-/m1/s1. The molecule has 102 valence electrons. The second-order valence-corrected chi connectivity index (χ2v) is 4.72.